The van der Waals surface area contributed by atoms with Crippen molar-refractivity contribution in [2.24, 2.45) is 5.73 Å². The first-order chi connectivity index (χ1) is 5.74. The fraction of sp³-hybridized carbons (Fsp3) is 0.222. The van der Waals surface area contributed by atoms with Crippen LogP contribution in [0.3, 0.4) is 0 Å². The first kappa shape index (κ1) is 9.26. The number of rotatable bonds is 2. The average molecular weight is 228 g/mol. The van der Waals surface area contributed by atoms with Crippen molar-refractivity contribution < 1.29 is 4.99 Å². The lowest BCUT2D eigenvalue weighted by Gasteiger charge is -1.94. The predicted molar refractivity (Wildman–Crippen MR) is 53.9 cm³/mol. The van der Waals surface area contributed by atoms with Crippen LogP contribution in [0.25, 0.3) is 0 Å². The van der Waals surface area contributed by atoms with Crippen molar-refractivity contribution in [1.29, 1.82) is 0 Å². The van der Waals surface area contributed by atoms with Gasteiger partial charge in [-0.05, 0) is 31.2 Å². The van der Waals surface area contributed by atoms with Gasteiger partial charge < -0.3 is 0 Å². The molecule has 0 unspecified atom stereocenters. The Kier molecular flexibility index (Phi) is 3.29. The summed E-state index contributed by atoms with van der Waals surface area (Å²) >= 11 is 3.36. The molecule has 0 spiro atoms. The maximum atomic E-state index is 5.75. The van der Waals surface area contributed by atoms with Crippen molar-refractivity contribution in [3.05, 3.63) is 34.3 Å². The summed E-state index contributed by atoms with van der Waals surface area (Å²) in [5.74, 6) is 0.727. The highest BCUT2D eigenvalue weighted by Crippen LogP contribution is 2.09. The van der Waals surface area contributed by atoms with Crippen LogP contribution in [0, 0.1) is 0 Å². The van der Waals surface area contributed by atoms with E-state index in [1.54, 1.807) is 0 Å². The summed E-state index contributed by atoms with van der Waals surface area (Å²) < 4.78 is 1.07. The Labute approximate surface area is 80.6 Å². The summed E-state index contributed by atoms with van der Waals surface area (Å²) in [6.07, 6.45) is 0. The number of nitrogens with one attached hydrogen (secondary N) is 1. The van der Waals surface area contributed by atoms with Crippen LogP contribution in [0.15, 0.2) is 28.7 Å². The van der Waals surface area contributed by atoms with Crippen molar-refractivity contribution in [2.75, 3.05) is 6.54 Å². The van der Waals surface area contributed by atoms with Crippen LogP contribution in [0.1, 0.15) is 12.5 Å². The first-order valence-electron chi connectivity index (χ1n) is 3.86. The van der Waals surface area contributed by atoms with Gasteiger partial charge in [-0.2, -0.15) is 0 Å². The molecule has 1 aromatic carbocycles. The second kappa shape index (κ2) is 4.26. The number of benzene rings is 1. The molecule has 1 rings (SSSR count). The van der Waals surface area contributed by atoms with E-state index >= 15 is 0 Å². The Bertz CT molecular complexity index is 277. The van der Waals surface area contributed by atoms with E-state index in [2.05, 4.69) is 20.9 Å². The standard InChI is InChI=1S/C9H11BrN2/c1-2-12-9(11)7-3-5-8(10)6-4-7/h3-6H,2H2,1H3,(H2,11,12)/p+1. The van der Waals surface area contributed by atoms with Crippen LogP contribution in [0.5, 0.6) is 0 Å². The van der Waals surface area contributed by atoms with Gasteiger partial charge >= 0.3 is 0 Å². The van der Waals surface area contributed by atoms with Crippen LogP contribution < -0.4 is 10.7 Å². The van der Waals surface area contributed by atoms with Crippen molar-refractivity contribution in [2.45, 2.75) is 6.92 Å². The largest absolute Gasteiger partial charge is 0.287 e. The second-order valence-electron chi connectivity index (χ2n) is 2.45. The molecule has 0 saturated carbocycles. The number of nitrogens with two attached hydrogens (primary N) is 1. The first-order valence-corrected chi connectivity index (χ1v) is 4.65. The number of hydrogen-bond acceptors (Lipinski definition) is 0. The van der Waals surface area contributed by atoms with Crippen LogP contribution in [0.4, 0.5) is 0 Å². The summed E-state index contributed by atoms with van der Waals surface area (Å²) in [7, 11) is 0. The molecule has 2 nitrogen and oxygen atoms in total. The lowest BCUT2D eigenvalue weighted by atomic mass is 10.2. The number of hydrogen-bond donors (Lipinski definition) is 2. The minimum absolute atomic E-state index is 0.727. The molecule has 3 N–H and O–H groups in total. The maximum Gasteiger partial charge on any atom is 0.272 e. The van der Waals surface area contributed by atoms with E-state index in [0.717, 1.165) is 22.4 Å². The zero-order chi connectivity index (χ0) is 8.97. The van der Waals surface area contributed by atoms with Gasteiger partial charge in [-0.3, -0.25) is 10.7 Å². The van der Waals surface area contributed by atoms with E-state index in [4.69, 9.17) is 5.73 Å². The normalized spacial score (nSPS) is 11.7. The van der Waals surface area contributed by atoms with Gasteiger partial charge in [0, 0.05) is 4.47 Å². The smallest absolute Gasteiger partial charge is 0.272 e. The highest BCUT2D eigenvalue weighted by molar-refractivity contribution is 9.10. The molecule has 1 aromatic rings. The van der Waals surface area contributed by atoms with Crippen molar-refractivity contribution in [3.63, 3.8) is 0 Å². The minimum atomic E-state index is 0.727. The summed E-state index contributed by atoms with van der Waals surface area (Å²) in [4.78, 5) is 3.06. The Morgan fingerprint density at radius 1 is 1.42 bits per heavy atom. The minimum Gasteiger partial charge on any atom is -0.287 e. The topological polar surface area (TPSA) is 40.0 Å². The number of halogens is 1. The molecule has 0 bridgehead atoms. The molecule has 0 saturated heterocycles. The SMILES string of the molecule is CC[NH+]=C(N)c1ccc(Br)cc1. The fourth-order valence-electron chi connectivity index (χ4n) is 0.922. The molecular formula is C9H12BrN2+. The summed E-state index contributed by atoms with van der Waals surface area (Å²) in [5, 5.41) is 0. The predicted octanol–water partition coefficient (Wildman–Crippen LogP) is 0.255. The van der Waals surface area contributed by atoms with Gasteiger partial charge in [0.05, 0.1) is 12.1 Å². The summed E-state index contributed by atoms with van der Waals surface area (Å²) in [6.45, 7) is 2.87. The molecule has 0 fully saturated rings. The van der Waals surface area contributed by atoms with Gasteiger partial charge in [-0.25, -0.2) is 0 Å². The molecule has 0 radical (unpaired) electrons. The van der Waals surface area contributed by atoms with Crippen molar-refractivity contribution in [3.8, 4) is 0 Å². The van der Waals surface area contributed by atoms with E-state index in [9.17, 15) is 0 Å². The molecule has 12 heavy (non-hydrogen) atoms. The molecular weight excluding hydrogens is 216 g/mol. The highest BCUT2D eigenvalue weighted by atomic mass is 79.9. The molecule has 0 aliphatic rings. The Morgan fingerprint density at radius 2 is 2.00 bits per heavy atom. The molecule has 3 heteroatoms. The quantitative estimate of drug-likeness (QED) is 0.553. The number of amidine groups is 1. The Morgan fingerprint density at radius 3 is 2.50 bits per heavy atom. The molecule has 0 amide bonds. The molecule has 0 heterocycles. The van der Waals surface area contributed by atoms with Gasteiger partial charge in [0.2, 0.25) is 0 Å². The molecule has 0 aliphatic carbocycles. The molecule has 0 aromatic heterocycles. The van der Waals surface area contributed by atoms with E-state index < -0.39 is 0 Å². The van der Waals surface area contributed by atoms with Gasteiger partial charge in [-0.15, -0.1) is 0 Å². The monoisotopic (exact) mass is 227 g/mol. The van der Waals surface area contributed by atoms with Crippen LogP contribution >= 0.6 is 15.9 Å². The average Bonchev–Trinajstić information content (AvgIpc) is 2.06. The highest BCUT2D eigenvalue weighted by Gasteiger charge is 2.01. The van der Waals surface area contributed by atoms with Crippen molar-refractivity contribution >= 4 is 21.8 Å². The lowest BCUT2D eigenvalue weighted by Crippen LogP contribution is -2.75. The second-order valence-corrected chi connectivity index (χ2v) is 3.37. The van der Waals surface area contributed by atoms with Gasteiger partial charge in [0.1, 0.15) is 0 Å². The van der Waals surface area contributed by atoms with Gasteiger partial charge in [0.15, 0.2) is 0 Å². The lowest BCUT2D eigenvalue weighted by molar-refractivity contribution is -0.452. The van der Waals surface area contributed by atoms with E-state index in [1.807, 2.05) is 31.2 Å². The Hall–Kier alpha value is -0.830. The molecule has 0 aliphatic heterocycles. The zero-order valence-corrected chi connectivity index (χ0v) is 8.56. The third-order valence-corrected chi connectivity index (χ3v) is 2.05. The number of nitrogen functional groups attached to an aromatic ring is 1. The van der Waals surface area contributed by atoms with Gasteiger partial charge in [0.25, 0.3) is 5.84 Å². The maximum absolute atomic E-state index is 5.75. The zero-order valence-electron chi connectivity index (χ0n) is 6.97. The van der Waals surface area contributed by atoms with Crippen LogP contribution in [-0.4, -0.2) is 12.4 Å². The van der Waals surface area contributed by atoms with Crippen LogP contribution in [-0.2, 0) is 0 Å². The third-order valence-electron chi connectivity index (χ3n) is 1.52. The molecule has 0 atom stereocenters. The summed E-state index contributed by atoms with van der Waals surface area (Å²) in [6, 6.07) is 7.89. The summed E-state index contributed by atoms with van der Waals surface area (Å²) in [5.41, 5.74) is 6.77. The van der Waals surface area contributed by atoms with E-state index in [0.29, 0.717) is 0 Å². The van der Waals surface area contributed by atoms with Crippen molar-refractivity contribution in [1.82, 2.24) is 0 Å². The van der Waals surface area contributed by atoms with E-state index in [-0.39, 0.29) is 0 Å². The molecule has 64 valence electrons. The van der Waals surface area contributed by atoms with Crippen LogP contribution in [0.2, 0.25) is 0 Å². The van der Waals surface area contributed by atoms with Gasteiger partial charge in [-0.1, -0.05) is 15.9 Å². The Balaban J connectivity index is 2.89. The fourth-order valence-corrected chi connectivity index (χ4v) is 1.19. The third kappa shape index (κ3) is 2.34. The van der Waals surface area contributed by atoms with E-state index in [1.165, 1.54) is 0 Å².